The van der Waals surface area contributed by atoms with E-state index in [0.717, 1.165) is 6.07 Å². The quantitative estimate of drug-likeness (QED) is 0.481. The van der Waals surface area contributed by atoms with Gasteiger partial charge in [0.05, 0.1) is 4.92 Å². The fourth-order valence-corrected chi connectivity index (χ4v) is 1.44. The van der Waals surface area contributed by atoms with Crippen LogP contribution in [0.4, 0.5) is 5.69 Å². The second-order valence-corrected chi connectivity index (χ2v) is 3.77. The highest BCUT2D eigenvalue weighted by molar-refractivity contribution is 6.31. The molecule has 1 aromatic rings. The number of nitrogens with two attached hydrogens (primary N) is 1. The van der Waals surface area contributed by atoms with Crippen LogP contribution >= 0.6 is 11.6 Å². The first-order chi connectivity index (χ1) is 8.56. The molecule has 7 heteroatoms. The van der Waals surface area contributed by atoms with Crippen LogP contribution in [0.25, 0.3) is 0 Å². The molecular formula is C11H12ClN3O3. The first-order valence-corrected chi connectivity index (χ1v) is 5.51. The molecule has 0 unspecified atom stereocenters. The molecule has 1 rings (SSSR count). The van der Waals surface area contributed by atoms with Crippen molar-refractivity contribution < 1.29 is 9.72 Å². The molecule has 0 atom stereocenters. The van der Waals surface area contributed by atoms with E-state index in [4.69, 9.17) is 17.3 Å². The molecule has 96 valence electrons. The Labute approximate surface area is 109 Å². The zero-order chi connectivity index (χ0) is 13.5. The number of nitrogens with one attached hydrogen (secondary N) is 1. The maximum absolute atomic E-state index is 11.7. The highest BCUT2D eigenvalue weighted by Crippen LogP contribution is 2.22. The standard InChI is InChI=1S/C11H12ClN3O3/c12-8-3-4-9(10(7-8)15(17)18)11(16)14-6-2-1-5-13/h1-4,7H,5-6,13H2,(H,14,16)/b2-1+. The summed E-state index contributed by atoms with van der Waals surface area (Å²) in [5, 5.41) is 13.5. The summed E-state index contributed by atoms with van der Waals surface area (Å²) in [6.07, 6.45) is 3.34. The summed E-state index contributed by atoms with van der Waals surface area (Å²) in [5.41, 5.74) is 4.89. The fraction of sp³-hybridized carbons (Fsp3) is 0.182. The highest BCUT2D eigenvalue weighted by Gasteiger charge is 2.19. The molecule has 0 aromatic heterocycles. The lowest BCUT2D eigenvalue weighted by molar-refractivity contribution is -0.385. The largest absolute Gasteiger partial charge is 0.348 e. The third kappa shape index (κ3) is 3.83. The highest BCUT2D eigenvalue weighted by atomic mass is 35.5. The predicted octanol–water partition coefficient (Wildman–Crippen LogP) is 1.49. The number of carbonyl (C=O) groups is 1. The van der Waals surface area contributed by atoms with Crippen LogP contribution in [-0.2, 0) is 0 Å². The van der Waals surface area contributed by atoms with Gasteiger partial charge in [0.15, 0.2) is 0 Å². The summed E-state index contributed by atoms with van der Waals surface area (Å²) in [5.74, 6) is -0.528. The number of hydrogen-bond acceptors (Lipinski definition) is 4. The van der Waals surface area contributed by atoms with Crippen LogP contribution in [0.15, 0.2) is 30.4 Å². The zero-order valence-corrected chi connectivity index (χ0v) is 10.2. The van der Waals surface area contributed by atoms with Crippen LogP contribution in [0, 0.1) is 10.1 Å². The van der Waals surface area contributed by atoms with Crippen molar-refractivity contribution in [1.29, 1.82) is 0 Å². The van der Waals surface area contributed by atoms with Gasteiger partial charge in [0, 0.05) is 24.2 Å². The van der Waals surface area contributed by atoms with E-state index in [1.807, 2.05) is 0 Å². The van der Waals surface area contributed by atoms with E-state index in [1.54, 1.807) is 12.2 Å². The number of benzene rings is 1. The van der Waals surface area contributed by atoms with E-state index in [-0.39, 0.29) is 22.8 Å². The summed E-state index contributed by atoms with van der Waals surface area (Å²) in [4.78, 5) is 21.9. The molecule has 1 amide bonds. The van der Waals surface area contributed by atoms with E-state index in [0.29, 0.717) is 6.54 Å². The van der Waals surface area contributed by atoms with Crippen molar-refractivity contribution in [3.8, 4) is 0 Å². The average molecular weight is 270 g/mol. The van der Waals surface area contributed by atoms with Crippen molar-refractivity contribution in [1.82, 2.24) is 5.32 Å². The van der Waals surface area contributed by atoms with Crippen molar-refractivity contribution in [3.05, 3.63) is 51.1 Å². The van der Waals surface area contributed by atoms with Gasteiger partial charge in [-0.2, -0.15) is 0 Å². The van der Waals surface area contributed by atoms with Crippen LogP contribution in [0.2, 0.25) is 5.02 Å². The summed E-state index contributed by atoms with van der Waals surface area (Å²) >= 11 is 5.65. The molecule has 18 heavy (non-hydrogen) atoms. The monoisotopic (exact) mass is 269 g/mol. The van der Waals surface area contributed by atoms with Crippen LogP contribution < -0.4 is 11.1 Å². The minimum Gasteiger partial charge on any atom is -0.348 e. The Balaban J connectivity index is 2.85. The second kappa shape index (κ2) is 6.73. The summed E-state index contributed by atoms with van der Waals surface area (Å²) < 4.78 is 0. The third-order valence-corrected chi connectivity index (χ3v) is 2.32. The molecule has 0 aliphatic heterocycles. The number of rotatable bonds is 5. The molecule has 0 saturated carbocycles. The smallest absolute Gasteiger partial charge is 0.283 e. The topological polar surface area (TPSA) is 98.3 Å². The molecule has 0 fully saturated rings. The number of nitro groups is 1. The van der Waals surface area contributed by atoms with Crippen molar-refractivity contribution in [3.63, 3.8) is 0 Å². The molecule has 0 heterocycles. The summed E-state index contributed by atoms with van der Waals surface area (Å²) in [7, 11) is 0. The number of nitrogens with zero attached hydrogens (tertiary/aromatic N) is 1. The van der Waals surface area contributed by atoms with Crippen molar-refractivity contribution >= 4 is 23.2 Å². The average Bonchev–Trinajstić information content (AvgIpc) is 2.34. The number of halogens is 1. The summed E-state index contributed by atoms with van der Waals surface area (Å²) in [6.45, 7) is 0.632. The third-order valence-electron chi connectivity index (χ3n) is 2.08. The van der Waals surface area contributed by atoms with Crippen LogP contribution in [0.5, 0.6) is 0 Å². The number of nitro benzene ring substituents is 1. The van der Waals surface area contributed by atoms with Gasteiger partial charge in [0.25, 0.3) is 11.6 Å². The zero-order valence-electron chi connectivity index (χ0n) is 9.43. The van der Waals surface area contributed by atoms with E-state index >= 15 is 0 Å². The first-order valence-electron chi connectivity index (χ1n) is 5.13. The molecule has 0 radical (unpaired) electrons. The fourth-order valence-electron chi connectivity index (χ4n) is 1.27. The van der Waals surface area contributed by atoms with Gasteiger partial charge in [-0.05, 0) is 12.1 Å². The molecule has 0 aliphatic rings. The molecule has 0 aliphatic carbocycles. The van der Waals surface area contributed by atoms with Crippen LogP contribution in [-0.4, -0.2) is 23.9 Å². The minimum atomic E-state index is -0.642. The van der Waals surface area contributed by atoms with Gasteiger partial charge in [-0.15, -0.1) is 0 Å². The lowest BCUT2D eigenvalue weighted by Gasteiger charge is -2.03. The van der Waals surface area contributed by atoms with Gasteiger partial charge in [-0.1, -0.05) is 23.8 Å². The Morgan fingerprint density at radius 1 is 1.50 bits per heavy atom. The van der Waals surface area contributed by atoms with E-state index in [9.17, 15) is 14.9 Å². The maximum Gasteiger partial charge on any atom is 0.283 e. The minimum absolute atomic E-state index is 0.0226. The number of carbonyl (C=O) groups excluding carboxylic acids is 1. The van der Waals surface area contributed by atoms with Gasteiger partial charge in [0.1, 0.15) is 5.56 Å². The van der Waals surface area contributed by atoms with Gasteiger partial charge in [-0.3, -0.25) is 14.9 Å². The predicted molar refractivity (Wildman–Crippen MR) is 68.6 cm³/mol. The summed E-state index contributed by atoms with van der Waals surface area (Å²) in [6, 6.07) is 3.90. The normalized spacial score (nSPS) is 10.6. The SMILES string of the molecule is NC/C=C/CNC(=O)c1ccc(Cl)cc1[N+](=O)[O-]. The van der Waals surface area contributed by atoms with Crippen molar-refractivity contribution in [2.24, 2.45) is 5.73 Å². The van der Waals surface area contributed by atoms with E-state index < -0.39 is 10.8 Å². The number of hydrogen-bond donors (Lipinski definition) is 2. The molecular weight excluding hydrogens is 258 g/mol. The first kappa shape index (κ1) is 14.1. The van der Waals surface area contributed by atoms with E-state index in [1.165, 1.54) is 12.1 Å². The van der Waals surface area contributed by atoms with Gasteiger partial charge < -0.3 is 11.1 Å². The Hall–Kier alpha value is -1.92. The Kier molecular flexibility index (Phi) is 5.29. The van der Waals surface area contributed by atoms with Crippen molar-refractivity contribution in [2.75, 3.05) is 13.1 Å². The molecule has 0 spiro atoms. The van der Waals surface area contributed by atoms with Gasteiger partial charge in [-0.25, -0.2) is 0 Å². The maximum atomic E-state index is 11.7. The van der Waals surface area contributed by atoms with Crippen LogP contribution in [0.3, 0.4) is 0 Å². The Bertz CT molecular complexity index is 488. The lowest BCUT2D eigenvalue weighted by atomic mass is 10.1. The molecule has 1 aromatic carbocycles. The second-order valence-electron chi connectivity index (χ2n) is 3.34. The van der Waals surface area contributed by atoms with Crippen molar-refractivity contribution in [2.45, 2.75) is 0 Å². The Morgan fingerprint density at radius 3 is 2.83 bits per heavy atom. The van der Waals surface area contributed by atoms with Crippen LogP contribution in [0.1, 0.15) is 10.4 Å². The van der Waals surface area contributed by atoms with Gasteiger partial charge in [0.2, 0.25) is 0 Å². The molecule has 0 saturated heterocycles. The van der Waals surface area contributed by atoms with Gasteiger partial charge >= 0.3 is 0 Å². The lowest BCUT2D eigenvalue weighted by Crippen LogP contribution is -2.24. The molecule has 6 nitrogen and oxygen atoms in total. The molecule has 3 N–H and O–H groups in total. The molecule has 0 bridgehead atoms. The Morgan fingerprint density at radius 2 is 2.22 bits per heavy atom. The number of amides is 1. The van der Waals surface area contributed by atoms with E-state index in [2.05, 4.69) is 5.32 Å².